The van der Waals surface area contributed by atoms with Crippen molar-refractivity contribution in [1.82, 2.24) is 20.0 Å². The fourth-order valence-corrected chi connectivity index (χ4v) is 5.66. The summed E-state index contributed by atoms with van der Waals surface area (Å²) >= 11 is 0. The van der Waals surface area contributed by atoms with E-state index in [4.69, 9.17) is 0 Å². The number of aromatic nitrogens is 2. The van der Waals surface area contributed by atoms with Crippen LogP contribution in [0, 0.1) is 23.5 Å². The Morgan fingerprint density at radius 1 is 0.889 bits per heavy atom. The summed E-state index contributed by atoms with van der Waals surface area (Å²) < 4.78 is 28.0. The predicted molar refractivity (Wildman–Crippen MR) is 133 cm³/mol. The molecule has 5 nitrogen and oxygen atoms in total. The minimum absolute atomic E-state index is 0.115. The maximum atomic E-state index is 14.8. The van der Waals surface area contributed by atoms with Crippen molar-refractivity contribution in [2.75, 3.05) is 26.2 Å². The predicted octanol–water partition coefficient (Wildman–Crippen LogP) is 4.70. The molecule has 7 heteroatoms. The molecule has 1 amide bonds. The first-order valence-corrected chi connectivity index (χ1v) is 12.3. The lowest BCUT2D eigenvalue weighted by atomic mass is 10.0. The van der Waals surface area contributed by atoms with Crippen LogP contribution in [0.1, 0.15) is 27.2 Å². The van der Waals surface area contributed by atoms with Gasteiger partial charge in [0.05, 0.1) is 17.5 Å². The highest BCUT2D eigenvalue weighted by Crippen LogP contribution is 2.33. The van der Waals surface area contributed by atoms with Crippen molar-refractivity contribution in [3.8, 4) is 0 Å². The van der Waals surface area contributed by atoms with Crippen molar-refractivity contribution in [3.63, 3.8) is 0 Å². The molecule has 1 aromatic heterocycles. The second-order valence-corrected chi connectivity index (χ2v) is 9.92. The summed E-state index contributed by atoms with van der Waals surface area (Å²) in [7, 11) is 0. The van der Waals surface area contributed by atoms with E-state index in [0.717, 1.165) is 47.2 Å². The van der Waals surface area contributed by atoms with Crippen molar-refractivity contribution in [2.24, 2.45) is 11.8 Å². The zero-order valence-electron chi connectivity index (χ0n) is 19.8. The summed E-state index contributed by atoms with van der Waals surface area (Å²) in [5, 5.41) is 10.4. The molecule has 0 N–H and O–H groups in total. The van der Waals surface area contributed by atoms with Gasteiger partial charge in [0.1, 0.15) is 11.6 Å². The topological polar surface area (TPSA) is 49.3 Å². The summed E-state index contributed by atoms with van der Waals surface area (Å²) in [6.45, 7) is 3.79. The number of carbonyl (C=O) groups is 1. The molecule has 4 aromatic rings. The molecule has 2 fully saturated rings. The van der Waals surface area contributed by atoms with Gasteiger partial charge in [0, 0.05) is 49.9 Å². The normalized spacial score (nSPS) is 19.7. The van der Waals surface area contributed by atoms with E-state index in [1.54, 1.807) is 23.2 Å². The van der Waals surface area contributed by atoms with Gasteiger partial charge in [-0.15, -0.1) is 0 Å². The largest absolute Gasteiger partial charge is 0.338 e. The Morgan fingerprint density at radius 3 is 2.39 bits per heavy atom. The average molecular weight is 485 g/mol. The summed E-state index contributed by atoms with van der Waals surface area (Å²) in [5.41, 5.74) is 2.83. The van der Waals surface area contributed by atoms with E-state index in [0.29, 0.717) is 31.3 Å². The second-order valence-electron chi connectivity index (χ2n) is 9.92. The molecule has 6 rings (SSSR count). The molecule has 0 spiro atoms. The number of hydrogen-bond acceptors (Lipinski definition) is 4. The number of rotatable bonds is 5. The van der Waals surface area contributed by atoms with Gasteiger partial charge in [-0.1, -0.05) is 42.5 Å². The second kappa shape index (κ2) is 9.39. The molecular weight excluding hydrogens is 458 g/mol. The molecule has 0 radical (unpaired) electrons. The number of amides is 1. The van der Waals surface area contributed by atoms with Gasteiger partial charge in [0.25, 0.3) is 5.91 Å². The molecule has 2 unspecified atom stereocenters. The smallest absolute Gasteiger partial charge is 0.256 e. The van der Waals surface area contributed by atoms with Crippen LogP contribution in [0.15, 0.2) is 72.9 Å². The third-order valence-electron chi connectivity index (χ3n) is 7.45. The van der Waals surface area contributed by atoms with E-state index in [1.165, 1.54) is 18.2 Å². The molecule has 0 aliphatic carbocycles. The van der Waals surface area contributed by atoms with Crippen molar-refractivity contribution in [2.45, 2.75) is 13.0 Å². The first-order chi connectivity index (χ1) is 17.5. The van der Waals surface area contributed by atoms with Crippen LogP contribution in [0.3, 0.4) is 0 Å². The molecular formula is C29H26F2N4O. The Labute approximate surface area is 208 Å². The minimum Gasteiger partial charge on any atom is -0.338 e. The number of carbonyl (C=O) groups excluding carboxylic acids is 1. The zero-order chi connectivity index (χ0) is 24.6. The number of hydrogen-bond donors (Lipinski definition) is 0. The van der Waals surface area contributed by atoms with Gasteiger partial charge in [-0.3, -0.25) is 9.69 Å². The van der Waals surface area contributed by atoms with Crippen LogP contribution in [0.4, 0.5) is 8.78 Å². The van der Waals surface area contributed by atoms with E-state index >= 15 is 0 Å². The highest BCUT2D eigenvalue weighted by Gasteiger charge is 2.42. The van der Waals surface area contributed by atoms with Crippen molar-refractivity contribution in [1.29, 1.82) is 0 Å². The standard InChI is InChI=1S/C29H26F2N4O/c30-24-8-5-19(6-9-24)14-34-15-22-17-35(18-23(22)16-34)29(36)26-11-20(7-10-27(26)31)12-28-25-4-2-1-3-21(25)13-32-33-28/h1-11,13,22-23H,12,14-18H2. The van der Waals surface area contributed by atoms with Crippen molar-refractivity contribution < 1.29 is 13.6 Å². The summed E-state index contributed by atoms with van der Waals surface area (Å²) in [5.74, 6) is -0.244. The molecule has 3 heterocycles. The quantitative estimate of drug-likeness (QED) is 0.412. The van der Waals surface area contributed by atoms with Gasteiger partial charge < -0.3 is 4.90 Å². The van der Waals surface area contributed by atoms with Crippen LogP contribution in [0.5, 0.6) is 0 Å². The van der Waals surface area contributed by atoms with Crippen LogP contribution in [-0.2, 0) is 13.0 Å². The Hall–Kier alpha value is -3.71. The van der Waals surface area contributed by atoms with Gasteiger partial charge in [0.2, 0.25) is 0 Å². The highest BCUT2D eigenvalue weighted by molar-refractivity contribution is 5.95. The van der Waals surface area contributed by atoms with E-state index in [1.807, 2.05) is 36.4 Å². The molecule has 182 valence electrons. The maximum Gasteiger partial charge on any atom is 0.256 e. The first-order valence-electron chi connectivity index (χ1n) is 12.3. The van der Waals surface area contributed by atoms with Crippen molar-refractivity contribution in [3.05, 3.63) is 107 Å². The number of likely N-dealkylation sites (tertiary alicyclic amines) is 2. The lowest BCUT2D eigenvalue weighted by molar-refractivity contribution is 0.0768. The van der Waals surface area contributed by atoms with Crippen LogP contribution < -0.4 is 0 Å². The molecule has 3 aromatic carbocycles. The van der Waals surface area contributed by atoms with Gasteiger partial charge >= 0.3 is 0 Å². The van der Waals surface area contributed by atoms with E-state index < -0.39 is 5.82 Å². The Kier molecular flexibility index (Phi) is 5.93. The monoisotopic (exact) mass is 484 g/mol. The molecule has 0 saturated carbocycles. The molecule has 2 saturated heterocycles. The minimum atomic E-state index is -0.497. The van der Waals surface area contributed by atoms with E-state index in [2.05, 4.69) is 15.1 Å². The number of benzene rings is 3. The third-order valence-corrected chi connectivity index (χ3v) is 7.45. The van der Waals surface area contributed by atoms with Gasteiger partial charge in [-0.25, -0.2) is 8.78 Å². The summed E-state index contributed by atoms with van der Waals surface area (Å²) in [6.07, 6.45) is 2.20. The average Bonchev–Trinajstić information content (AvgIpc) is 3.45. The van der Waals surface area contributed by atoms with Crippen LogP contribution in [0.25, 0.3) is 10.8 Å². The SMILES string of the molecule is O=C(c1cc(Cc2nncc3ccccc23)ccc1F)N1CC2CN(Cc3ccc(F)cc3)CC2C1. The van der Waals surface area contributed by atoms with Crippen LogP contribution in [0.2, 0.25) is 0 Å². The Balaban J connectivity index is 1.13. The number of fused-ring (bicyclic) bond motifs is 2. The van der Waals surface area contributed by atoms with Gasteiger partial charge in [-0.05, 0) is 47.2 Å². The fraction of sp³-hybridized carbons (Fsp3) is 0.276. The number of nitrogens with zero attached hydrogens (tertiary/aromatic N) is 4. The fourth-order valence-electron chi connectivity index (χ4n) is 5.66. The zero-order valence-corrected chi connectivity index (χ0v) is 19.8. The number of halogens is 2. The molecule has 2 atom stereocenters. The van der Waals surface area contributed by atoms with E-state index in [9.17, 15) is 13.6 Å². The summed E-state index contributed by atoms with van der Waals surface area (Å²) in [4.78, 5) is 17.5. The van der Waals surface area contributed by atoms with E-state index in [-0.39, 0.29) is 17.3 Å². The lowest BCUT2D eigenvalue weighted by Gasteiger charge is -2.22. The van der Waals surface area contributed by atoms with Crippen LogP contribution in [-0.4, -0.2) is 52.1 Å². The van der Waals surface area contributed by atoms with Crippen LogP contribution >= 0.6 is 0 Å². The van der Waals surface area contributed by atoms with Crippen molar-refractivity contribution >= 4 is 16.7 Å². The van der Waals surface area contributed by atoms with Gasteiger partial charge in [-0.2, -0.15) is 10.2 Å². The first kappa shape index (κ1) is 22.7. The molecule has 2 aliphatic rings. The summed E-state index contributed by atoms with van der Waals surface area (Å²) in [6, 6.07) is 19.3. The highest BCUT2D eigenvalue weighted by atomic mass is 19.1. The lowest BCUT2D eigenvalue weighted by Crippen LogP contribution is -2.33. The van der Waals surface area contributed by atoms with Gasteiger partial charge in [0.15, 0.2) is 0 Å². The molecule has 0 bridgehead atoms. The Morgan fingerprint density at radius 2 is 1.61 bits per heavy atom. The molecule has 36 heavy (non-hydrogen) atoms. The maximum absolute atomic E-state index is 14.8. The Bertz CT molecular complexity index is 1410. The molecule has 2 aliphatic heterocycles. The third kappa shape index (κ3) is 4.46.